The van der Waals surface area contributed by atoms with E-state index in [1.807, 2.05) is 42.5 Å². The predicted molar refractivity (Wildman–Crippen MR) is 112 cm³/mol. The fourth-order valence-electron chi connectivity index (χ4n) is 2.61. The second-order valence-corrected chi connectivity index (χ2v) is 6.21. The summed E-state index contributed by atoms with van der Waals surface area (Å²) in [5.74, 6) is -0.802. The van der Waals surface area contributed by atoms with E-state index in [-0.39, 0.29) is 22.2 Å². The lowest BCUT2D eigenvalue weighted by Crippen LogP contribution is -2.32. The number of thiocarbonyl (C=S) groups is 1. The molecule has 3 rings (SSSR count). The van der Waals surface area contributed by atoms with Gasteiger partial charge in [0.25, 0.3) is 5.69 Å². The standard InChI is InChI=1S/C20H15N3O4S/c24-18-12-15(23(26)27)9-10-17(18)21-20(28)22-19(25)11-8-14-6-3-5-13-4-1-2-7-16(13)14/h1-12,24H,(H2,21,22,25,28)/b11-8+. The Bertz CT molecular complexity index is 1110. The van der Waals surface area contributed by atoms with Crippen molar-refractivity contribution in [3.05, 3.63) is 82.4 Å². The number of fused-ring (bicyclic) bond motifs is 1. The van der Waals surface area contributed by atoms with Crippen LogP contribution >= 0.6 is 12.2 Å². The SMILES string of the molecule is O=C(/C=C/c1cccc2ccccc12)NC(=S)Nc1ccc([N+](=O)[O-])cc1O. The van der Waals surface area contributed by atoms with E-state index in [4.69, 9.17) is 12.2 Å². The molecule has 0 fully saturated rings. The smallest absolute Gasteiger partial charge is 0.273 e. The molecule has 8 heteroatoms. The number of rotatable bonds is 4. The molecule has 0 bridgehead atoms. The second-order valence-electron chi connectivity index (χ2n) is 5.80. The number of nitrogens with one attached hydrogen (secondary N) is 2. The topological polar surface area (TPSA) is 104 Å². The number of carbonyl (C=O) groups is 1. The number of benzene rings is 3. The van der Waals surface area contributed by atoms with E-state index in [2.05, 4.69) is 10.6 Å². The summed E-state index contributed by atoms with van der Waals surface area (Å²) >= 11 is 5.04. The first-order chi connectivity index (χ1) is 13.4. The maximum absolute atomic E-state index is 12.1. The van der Waals surface area contributed by atoms with Crippen LogP contribution in [-0.2, 0) is 4.79 Å². The molecule has 7 nitrogen and oxygen atoms in total. The number of aromatic hydroxyl groups is 1. The zero-order valence-corrected chi connectivity index (χ0v) is 15.3. The van der Waals surface area contributed by atoms with Crippen LogP contribution in [-0.4, -0.2) is 21.0 Å². The van der Waals surface area contributed by atoms with Gasteiger partial charge in [0.05, 0.1) is 16.7 Å². The number of nitro groups is 1. The Labute approximate surface area is 165 Å². The van der Waals surface area contributed by atoms with E-state index in [9.17, 15) is 20.0 Å². The van der Waals surface area contributed by atoms with E-state index in [1.54, 1.807) is 6.08 Å². The third-order valence-corrected chi connectivity index (χ3v) is 4.12. The molecule has 3 aromatic rings. The zero-order valence-electron chi connectivity index (χ0n) is 14.5. The van der Waals surface area contributed by atoms with Gasteiger partial charge in [-0.05, 0) is 40.7 Å². The van der Waals surface area contributed by atoms with Crippen molar-refractivity contribution in [3.63, 3.8) is 0 Å². The summed E-state index contributed by atoms with van der Waals surface area (Å²) in [5, 5.41) is 27.6. The van der Waals surface area contributed by atoms with Crippen molar-refractivity contribution in [3.8, 4) is 5.75 Å². The molecule has 0 aromatic heterocycles. The Kier molecular flexibility index (Phi) is 5.61. The maximum Gasteiger partial charge on any atom is 0.273 e. The highest BCUT2D eigenvalue weighted by Gasteiger charge is 2.11. The highest BCUT2D eigenvalue weighted by molar-refractivity contribution is 7.80. The summed E-state index contributed by atoms with van der Waals surface area (Å²) in [6, 6.07) is 17.1. The number of phenolic OH excluding ortho intramolecular Hbond substituents is 1. The van der Waals surface area contributed by atoms with Gasteiger partial charge in [-0.15, -0.1) is 0 Å². The molecule has 0 unspecified atom stereocenters. The molecule has 3 N–H and O–H groups in total. The summed E-state index contributed by atoms with van der Waals surface area (Å²) in [6.07, 6.45) is 3.04. The van der Waals surface area contributed by atoms with Crippen LogP contribution in [0.15, 0.2) is 66.7 Å². The average Bonchev–Trinajstić information content (AvgIpc) is 2.67. The van der Waals surface area contributed by atoms with Gasteiger partial charge in [-0.3, -0.25) is 20.2 Å². The minimum Gasteiger partial charge on any atom is -0.506 e. The first-order valence-electron chi connectivity index (χ1n) is 8.19. The lowest BCUT2D eigenvalue weighted by atomic mass is 10.0. The molecule has 0 saturated carbocycles. The first kappa shape index (κ1) is 19.0. The number of non-ortho nitro benzene ring substituents is 1. The van der Waals surface area contributed by atoms with Crippen molar-refractivity contribution in [1.29, 1.82) is 0 Å². The Hall–Kier alpha value is -3.78. The van der Waals surface area contributed by atoms with Gasteiger partial charge in [-0.1, -0.05) is 42.5 Å². The summed E-state index contributed by atoms with van der Waals surface area (Å²) in [7, 11) is 0. The predicted octanol–water partition coefficient (Wildman–Crippen LogP) is 3.98. The molecular formula is C20H15N3O4S. The Morgan fingerprint density at radius 1 is 1.11 bits per heavy atom. The molecule has 0 saturated heterocycles. The van der Waals surface area contributed by atoms with Crippen LogP contribution in [0.2, 0.25) is 0 Å². The molecule has 0 atom stereocenters. The summed E-state index contributed by atoms with van der Waals surface area (Å²) < 4.78 is 0. The van der Waals surface area contributed by atoms with E-state index in [1.165, 1.54) is 18.2 Å². The van der Waals surface area contributed by atoms with Crippen LogP contribution in [0, 0.1) is 10.1 Å². The lowest BCUT2D eigenvalue weighted by Gasteiger charge is -2.09. The Morgan fingerprint density at radius 3 is 2.61 bits per heavy atom. The van der Waals surface area contributed by atoms with Crippen LogP contribution in [0.1, 0.15) is 5.56 Å². The fourth-order valence-corrected chi connectivity index (χ4v) is 2.82. The van der Waals surface area contributed by atoms with E-state index in [0.717, 1.165) is 22.4 Å². The summed E-state index contributed by atoms with van der Waals surface area (Å²) in [4.78, 5) is 22.2. The molecule has 0 spiro atoms. The van der Waals surface area contributed by atoms with Gasteiger partial charge in [0.15, 0.2) is 5.11 Å². The van der Waals surface area contributed by atoms with Crippen LogP contribution < -0.4 is 10.6 Å². The van der Waals surface area contributed by atoms with Crippen molar-refractivity contribution in [2.24, 2.45) is 0 Å². The first-order valence-corrected chi connectivity index (χ1v) is 8.60. The second kappa shape index (κ2) is 8.28. The maximum atomic E-state index is 12.1. The fraction of sp³-hybridized carbons (Fsp3) is 0. The van der Waals surface area contributed by atoms with Crippen LogP contribution in [0.25, 0.3) is 16.8 Å². The summed E-state index contributed by atoms with van der Waals surface area (Å²) in [5.41, 5.74) is 0.782. The van der Waals surface area contributed by atoms with Gasteiger partial charge in [0, 0.05) is 12.1 Å². The molecule has 3 aromatic carbocycles. The van der Waals surface area contributed by atoms with Crippen molar-refractivity contribution >= 4 is 51.5 Å². The molecule has 140 valence electrons. The molecular weight excluding hydrogens is 378 g/mol. The highest BCUT2D eigenvalue weighted by Crippen LogP contribution is 2.27. The van der Waals surface area contributed by atoms with Crippen molar-refractivity contribution in [2.45, 2.75) is 0 Å². The number of phenols is 1. The van der Waals surface area contributed by atoms with Crippen molar-refractivity contribution < 1.29 is 14.8 Å². The highest BCUT2D eigenvalue weighted by atomic mass is 32.1. The van der Waals surface area contributed by atoms with Gasteiger partial charge in [0.2, 0.25) is 5.91 Å². The van der Waals surface area contributed by atoms with E-state index < -0.39 is 10.8 Å². The molecule has 1 amide bonds. The molecule has 0 aliphatic heterocycles. The Balaban J connectivity index is 1.65. The summed E-state index contributed by atoms with van der Waals surface area (Å²) in [6.45, 7) is 0. The van der Waals surface area contributed by atoms with Gasteiger partial charge in [-0.2, -0.15) is 0 Å². The van der Waals surface area contributed by atoms with Gasteiger partial charge < -0.3 is 10.4 Å². The number of carbonyl (C=O) groups excluding carboxylic acids is 1. The van der Waals surface area contributed by atoms with Crippen molar-refractivity contribution in [1.82, 2.24) is 5.32 Å². The molecule has 0 aliphatic rings. The minimum atomic E-state index is -0.623. The Morgan fingerprint density at radius 2 is 1.86 bits per heavy atom. The van der Waals surface area contributed by atoms with Gasteiger partial charge in [-0.25, -0.2) is 0 Å². The van der Waals surface area contributed by atoms with Crippen molar-refractivity contribution in [2.75, 3.05) is 5.32 Å². The number of hydrogen-bond acceptors (Lipinski definition) is 5. The number of nitrogens with zero attached hydrogens (tertiary/aromatic N) is 1. The number of amides is 1. The third-order valence-electron chi connectivity index (χ3n) is 3.91. The zero-order chi connectivity index (χ0) is 20.1. The third kappa shape index (κ3) is 4.49. The van der Waals surface area contributed by atoms with Crippen LogP contribution in [0.3, 0.4) is 0 Å². The van der Waals surface area contributed by atoms with Gasteiger partial charge >= 0.3 is 0 Å². The molecule has 28 heavy (non-hydrogen) atoms. The van der Waals surface area contributed by atoms with E-state index in [0.29, 0.717) is 0 Å². The normalized spacial score (nSPS) is 10.7. The number of anilines is 1. The molecule has 0 heterocycles. The number of nitro benzene ring substituents is 1. The van der Waals surface area contributed by atoms with Crippen LogP contribution in [0.4, 0.5) is 11.4 Å². The lowest BCUT2D eigenvalue weighted by molar-refractivity contribution is -0.384. The monoisotopic (exact) mass is 393 g/mol. The largest absolute Gasteiger partial charge is 0.506 e. The average molecular weight is 393 g/mol. The molecule has 0 radical (unpaired) electrons. The number of hydrogen-bond donors (Lipinski definition) is 3. The molecule has 0 aliphatic carbocycles. The van der Waals surface area contributed by atoms with E-state index >= 15 is 0 Å². The van der Waals surface area contributed by atoms with Crippen LogP contribution in [0.5, 0.6) is 5.75 Å². The quantitative estimate of drug-likeness (QED) is 0.204. The van der Waals surface area contributed by atoms with Gasteiger partial charge in [0.1, 0.15) is 5.75 Å². The minimum absolute atomic E-state index is 0.0447.